The molecule has 0 aliphatic carbocycles. The summed E-state index contributed by atoms with van der Waals surface area (Å²) in [4.78, 5) is 43.6. The average Bonchev–Trinajstić information content (AvgIpc) is 3.24. The SMILES string of the molecule is COC(=O)c1ccc2c(=O)n(Cc3ccc(Cn4ccnc4)cc3)c(=O)[nH]c2c1. The van der Waals surface area contributed by atoms with Gasteiger partial charge in [-0.05, 0) is 29.3 Å². The smallest absolute Gasteiger partial charge is 0.337 e. The minimum absolute atomic E-state index is 0.147. The highest BCUT2D eigenvalue weighted by Crippen LogP contribution is 2.11. The summed E-state index contributed by atoms with van der Waals surface area (Å²) in [6.45, 7) is 0.841. The number of methoxy groups -OCH3 is 1. The summed E-state index contributed by atoms with van der Waals surface area (Å²) in [5, 5.41) is 0.328. The van der Waals surface area contributed by atoms with Crippen molar-refractivity contribution in [2.24, 2.45) is 0 Å². The molecule has 8 heteroatoms. The number of hydrogen-bond acceptors (Lipinski definition) is 5. The molecule has 0 unspecified atom stereocenters. The number of nitrogens with one attached hydrogen (secondary N) is 1. The minimum Gasteiger partial charge on any atom is -0.465 e. The number of H-pyrrole nitrogens is 1. The van der Waals surface area contributed by atoms with Crippen LogP contribution in [0, 0.1) is 0 Å². The number of carbonyl (C=O) groups excluding carboxylic acids is 1. The van der Waals surface area contributed by atoms with Crippen molar-refractivity contribution in [1.29, 1.82) is 0 Å². The Kier molecular flexibility index (Phi) is 4.82. The van der Waals surface area contributed by atoms with Crippen LogP contribution in [0.2, 0.25) is 0 Å². The first kappa shape index (κ1) is 18.4. The molecule has 2 aromatic carbocycles. The van der Waals surface area contributed by atoms with Crippen LogP contribution in [0.15, 0.2) is 70.8 Å². The summed E-state index contributed by atoms with van der Waals surface area (Å²) < 4.78 is 7.77. The maximum Gasteiger partial charge on any atom is 0.337 e. The van der Waals surface area contributed by atoms with Gasteiger partial charge in [0.05, 0.1) is 36.4 Å². The van der Waals surface area contributed by atoms with Gasteiger partial charge < -0.3 is 14.3 Å². The normalized spacial score (nSPS) is 10.9. The van der Waals surface area contributed by atoms with Gasteiger partial charge in [0, 0.05) is 18.9 Å². The van der Waals surface area contributed by atoms with Crippen molar-refractivity contribution < 1.29 is 9.53 Å². The first-order chi connectivity index (χ1) is 14.0. The van der Waals surface area contributed by atoms with Crippen LogP contribution in [-0.4, -0.2) is 32.2 Å². The first-order valence-corrected chi connectivity index (χ1v) is 8.94. The van der Waals surface area contributed by atoms with Gasteiger partial charge in [0.25, 0.3) is 5.56 Å². The van der Waals surface area contributed by atoms with Crippen LogP contribution >= 0.6 is 0 Å². The van der Waals surface area contributed by atoms with E-state index in [1.54, 1.807) is 12.5 Å². The van der Waals surface area contributed by atoms with Crippen LogP contribution in [0.1, 0.15) is 21.5 Å². The Hall–Kier alpha value is -3.94. The summed E-state index contributed by atoms with van der Waals surface area (Å²) in [7, 11) is 1.27. The van der Waals surface area contributed by atoms with E-state index >= 15 is 0 Å². The van der Waals surface area contributed by atoms with Gasteiger partial charge in [0.2, 0.25) is 0 Å². The van der Waals surface area contributed by atoms with Crippen molar-refractivity contribution in [1.82, 2.24) is 19.1 Å². The first-order valence-electron chi connectivity index (χ1n) is 8.94. The molecule has 2 heterocycles. The van der Waals surface area contributed by atoms with Crippen molar-refractivity contribution in [3.63, 3.8) is 0 Å². The lowest BCUT2D eigenvalue weighted by Crippen LogP contribution is -2.35. The molecule has 1 N–H and O–H groups in total. The average molecular weight is 390 g/mol. The van der Waals surface area contributed by atoms with Gasteiger partial charge in [0.15, 0.2) is 0 Å². The molecular formula is C21H18N4O4. The zero-order valence-electron chi connectivity index (χ0n) is 15.7. The standard InChI is InChI=1S/C21H18N4O4/c1-29-20(27)16-6-7-17-18(10-16)23-21(28)25(19(17)26)12-15-4-2-14(3-5-15)11-24-9-8-22-13-24/h2-10,13H,11-12H2,1H3,(H,23,28). The highest BCUT2D eigenvalue weighted by atomic mass is 16.5. The molecule has 146 valence electrons. The molecule has 0 saturated heterocycles. The number of fused-ring (bicyclic) bond motifs is 1. The minimum atomic E-state index is -0.535. The third-order valence-corrected chi connectivity index (χ3v) is 4.69. The van der Waals surface area contributed by atoms with Gasteiger partial charge in [-0.15, -0.1) is 0 Å². The molecule has 0 fully saturated rings. The van der Waals surface area contributed by atoms with E-state index in [1.807, 2.05) is 35.0 Å². The Balaban J connectivity index is 1.63. The molecule has 4 rings (SSSR count). The quantitative estimate of drug-likeness (QED) is 0.524. The topological polar surface area (TPSA) is 99.0 Å². The number of hydrogen-bond donors (Lipinski definition) is 1. The zero-order valence-corrected chi connectivity index (χ0v) is 15.7. The van der Waals surface area contributed by atoms with Crippen molar-refractivity contribution >= 4 is 16.9 Å². The van der Waals surface area contributed by atoms with Gasteiger partial charge >= 0.3 is 11.7 Å². The lowest BCUT2D eigenvalue weighted by molar-refractivity contribution is 0.0601. The van der Waals surface area contributed by atoms with Gasteiger partial charge in [-0.2, -0.15) is 0 Å². The number of aromatic nitrogens is 4. The number of esters is 1. The third-order valence-electron chi connectivity index (χ3n) is 4.69. The molecule has 0 aliphatic heterocycles. The van der Waals surface area contributed by atoms with E-state index in [1.165, 1.54) is 25.3 Å². The van der Waals surface area contributed by atoms with E-state index in [-0.39, 0.29) is 12.1 Å². The van der Waals surface area contributed by atoms with Crippen LogP contribution in [0.25, 0.3) is 10.9 Å². The van der Waals surface area contributed by atoms with E-state index in [4.69, 9.17) is 0 Å². The Bertz CT molecular complexity index is 1290. The number of benzene rings is 2. The van der Waals surface area contributed by atoms with E-state index in [0.717, 1.165) is 15.7 Å². The van der Waals surface area contributed by atoms with E-state index in [9.17, 15) is 14.4 Å². The summed E-state index contributed by atoms with van der Waals surface area (Å²) in [6.07, 6.45) is 5.35. The second-order valence-corrected chi connectivity index (χ2v) is 6.62. The highest BCUT2D eigenvalue weighted by molar-refractivity contribution is 5.93. The second kappa shape index (κ2) is 7.59. The molecule has 0 aliphatic rings. The van der Waals surface area contributed by atoms with Crippen LogP contribution < -0.4 is 11.2 Å². The summed E-state index contributed by atoms with van der Waals surface area (Å²) in [5.74, 6) is -0.535. The van der Waals surface area contributed by atoms with Gasteiger partial charge in [-0.25, -0.2) is 14.6 Å². The number of aromatic amines is 1. The summed E-state index contributed by atoms with van der Waals surface area (Å²) in [6, 6.07) is 12.2. The third kappa shape index (κ3) is 3.73. The van der Waals surface area contributed by atoms with Crippen molar-refractivity contribution in [2.75, 3.05) is 7.11 Å². The van der Waals surface area contributed by atoms with Crippen molar-refractivity contribution in [2.45, 2.75) is 13.1 Å². The molecule has 8 nitrogen and oxygen atoms in total. The van der Waals surface area contributed by atoms with Gasteiger partial charge in [0.1, 0.15) is 0 Å². The highest BCUT2D eigenvalue weighted by Gasteiger charge is 2.12. The number of imidazole rings is 1. The van der Waals surface area contributed by atoms with Crippen LogP contribution in [-0.2, 0) is 17.8 Å². The van der Waals surface area contributed by atoms with E-state index in [2.05, 4.69) is 14.7 Å². The molecule has 0 atom stereocenters. The van der Waals surface area contributed by atoms with Crippen LogP contribution in [0.5, 0.6) is 0 Å². The molecule has 0 bridgehead atoms. The number of nitrogens with zero attached hydrogens (tertiary/aromatic N) is 3. The van der Waals surface area contributed by atoms with Gasteiger partial charge in [-0.1, -0.05) is 24.3 Å². The van der Waals surface area contributed by atoms with Crippen molar-refractivity contribution in [3.05, 3.63) is 98.7 Å². The predicted molar refractivity (Wildman–Crippen MR) is 107 cm³/mol. The maximum atomic E-state index is 12.8. The second-order valence-electron chi connectivity index (χ2n) is 6.62. The number of carbonyl (C=O) groups is 1. The lowest BCUT2D eigenvalue weighted by atomic mass is 10.1. The summed E-state index contributed by atoms with van der Waals surface area (Å²) >= 11 is 0. The number of ether oxygens (including phenoxy) is 1. The molecular weight excluding hydrogens is 372 g/mol. The van der Waals surface area contributed by atoms with Crippen LogP contribution in [0.3, 0.4) is 0 Å². The molecule has 0 amide bonds. The van der Waals surface area contributed by atoms with Crippen molar-refractivity contribution in [3.8, 4) is 0 Å². The fraction of sp³-hybridized carbons (Fsp3) is 0.143. The Morgan fingerprint density at radius 1 is 1.07 bits per heavy atom. The maximum absolute atomic E-state index is 12.8. The molecule has 0 spiro atoms. The Morgan fingerprint density at radius 2 is 1.79 bits per heavy atom. The lowest BCUT2D eigenvalue weighted by Gasteiger charge is -2.09. The monoisotopic (exact) mass is 390 g/mol. The molecule has 29 heavy (non-hydrogen) atoms. The molecule has 0 radical (unpaired) electrons. The molecule has 4 aromatic rings. The Labute approximate surface area is 165 Å². The fourth-order valence-corrected chi connectivity index (χ4v) is 3.17. The van der Waals surface area contributed by atoms with E-state index < -0.39 is 17.2 Å². The summed E-state index contributed by atoms with van der Waals surface area (Å²) in [5.41, 5.74) is 1.53. The van der Waals surface area contributed by atoms with Gasteiger partial charge in [-0.3, -0.25) is 9.36 Å². The molecule has 0 saturated carbocycles. The largest absolute Gasteiger partial charge is 0.465 e. The van der Waals surface area contributed by atoms with Crippen LogP contribution in [0.4, 0.5) is 0 Å². The van der Waals surface area contributed by atoms with E-state index in [0.29, 0.717) is 17.4 Å². The zero-order chi connectivity index (χ0) is 20.4. The Morgan fingerprint density at radius 3 is 2.45 bits per heavy atom. The predicted octanol–water partition coefficient (Wildman–Crippen LogP) is 1.77. The number of rotatable bonds is 5. The molecule has 2 aromatic heterocycles. The fourth-order valence-electron chi connectivity index (χ4n) is 3.17.